The van der Waals surface area contributed by atoms with Crippen LogP contribution in [0, 0.1) is 0 Å². The third kappa shape index (κ3) is 5.72. The summed E-state index contributed by atoms with van der Waals surface area (Å²) >= 11 is 0. The van der Waals surface area contributed by atoms with Crippen LogP contribution >= 0.6 is 0 Å². The largest absolute Gasteiger partial charge is 0.310 e. The van der Waals surface area contributed by atoms with Crippen molar-refractivity contribution in [2.24, 2.45) is 0 Å². The van der Waals surface area contributed by atoms with E-state index in [1.807, 2.05) is 84.9 Å². The normalized spacial score (nSPS) is 14.9. The van der Waals surface area contributed by atoms with Crippen molar-refractivity contribution in [3.8, 4) is 44.5 Å². The number of hydrogen-bond acceptors (Lipinski definition) is 1. The van der Waals surface area contributed by atoms with Crippen molar-refractivity contribution >= 4 is 27.8 Å². The maximum Gasteiger partial charge on any atom is 0.0651 e. The molecule has 1 heteroatoms. The molecular weight excluding hydrogens is 567 g/mol. The zero-order valence-corrected chi connectivity index (χ0v) is 25.0. The summed E-state index contributed by atoms with van der Waals surface area (Å²) in [4.78, 5) is 1.25. The highest BCUT2D eigenvalue weighted by Gasteiger charge is 2.18. The molecule has 0 unspecified atom stereocenters. The highest BCUT2D eigenvalue weighted by molar-refractivity contribution is 5.98. The van der Waals surface area contributed by atoms with Gasteiger partial charge in [0, 0.05) is 16.9 Å². The lowest BCUT2D eigenvalue weighted by Crippen LogP contribution is -2.11. The molecule has 8 rings (SSSR count). The van der Waals surface area contributed by atoms with Gasteiger partial charge in [-0.3, -0.25) is 0 Å². The molecule has 0 aliphatic carbocycles. The van der Waals surface area contributed by atoms with E-state index >= 15 is 0 Å². The molecule has 47 heavy (non-hydrogen) atoms. The molecule has 8 aromatic rings. The van der Waals surface area contributed by atoms with Crippen molar-refractivity contribution in [3.05, 3.63) is 200 Å². The fraction of sp³-hybridized carbons (Fsp3) is 0. The maximum atomic E-state index is 9.82. The highest BCUT2D eigenvalue weighted by atomic mass is 15.1. The van der Waals surface area contributed by atoms with E-state index in [1.165, 1.54) is 4.90 Å². The Morgan fingerprint density at radius 2 is 0.979 bits per heavy atom. The van der Waals surface area contributed by atoms with Gasteiger partial charge in [-0.15, -0.1) is 0 Å². The SMILES string of the molecule is [2H]c1c([2H])c([2H])c(-c2c([2H])c([2H])c(N(c3ccccc3-c3ccc(-c4ccccc4)cc3)c3c([2H])c([2H])c([2H])c(-c4cccc5ccccc45)c3[2H])c([2H])c2[2H])c([2H])c1[2H]. The monoisotopic (exact) mass is 612 g/mol. The van der Waals surface area contributed by atoms with Gasteiger partial charge in [0.15, 0.2) is 0 Å². The van der Waals surface area contributed by atoms with Crippen molar-refractivity contribution in [2.45, 2.75) is 0 Å². The average molecular weight is 613 g/mol. The van der Waals surface area contributed by atoms with Crippen LogP contribution in [0.15, 0.2) is 200 Å². The average Bonchev–Trinajstić information content (AvgIpc) is 3.27. The summed E-state index contributed by atoms with van der Waals surface area (Å²) in [6, 6.07) is 28.7. The molecular formula is C46H33N. The quantitative estimate of drug-likeness (QED) is 0.173. The molecule has 0 aliphatic rings. The van der Waals surface area contributed by atoms with Crippen LogP contribution in [0.1, 0.15) is 17.8 Å². The van der Waals surface area contributed by atoms with Crippen LogP contribution in [0.25, 0.3) is 55.3 Å². The lowest BCUT2D eigenvalue weighted by atomic mass is 9.96. The Morgan fingerprint density at radius 3 is 1.81 bits per heavy atom. The van der Waals surface area contributed by atoms with Gasteiger partial charge in [0.1, 0.15) is 0 Å². The van der Waals surface area contributed by atoms with Gasteiger partial charge in [-0.05, 0) is 80.0 Å². The Hall–Kier alpha value is -6.18. The topological polar surface area (TPSA) is 3.24 Å². The lowest BCUT2D eigenvalue weighted by molar-refractivity contribution is 1.28. The van der Waals surface area contributed by atoms with Gasteiger partial charge in [0.2, 0.25) is 0 Å². The lowest BCUT2D eigenvalue weighted by Gasteiger charge is -2.28. The van der Waals surface area contributed by atoms with Crippen molar-refractivity contribution in [1.82, 2.24) is 0 Å². The Kier molecular flexibility index (Phi) is 4.72. The van der Waals surface area contributed by atoms with Gasteiger partial charge in [-0.25, -0.2) is 0 Å². The second-order valence-corrected chi connectivity index (χ2v) is 10.8. The maximum absolute atomic E-state index is 9.82. The van der Waals surface area contributed by atoms with Crippen molar-refractivity contribution in [2.75, 3.05) is 4.90 Å². The zero-order chi connectivity index (χ0) is 42.7. The van der Waals surface area contributed by atoms with Crippen LogP contribution < -0.4 is 4.90 Å². The van der Waals surface area contributed by atoms with E-state index in [0.29, 0.717) is 22.1 Å². The van der Waals surface area contributed by atoms with E-state index in [9.17, 15) is 8.22 Å². The van der Waals surface area contributed by atoms with E-state index in [-0.39, 0.29) is 29.0 Å². The molecule has 0 saturated carbocycles. The van der Waals surface area contributed by atoms with Gasteiger partial charge in [0.25, 0.3) is 0 Å². The Morgan fingerprint density at radius 1 is 0.362 bits per heavy atom. The first kappa shape index (κ1) is 17.5. The second-order valence-electron chi connectivity index (χ2n) is 10.8. The molecule has 1 nitrogen and oxygen atoms in total. The molecule has 0 atom stereocenters. The smallest absolute Gasteiger partial charge is 0.0651 e. The van der Waals surface area contributed by atoms with Crippen LogP contribution in [0.2, 0.25) is 0 Å². The van der Waals surface area contributed by atoms with E-state index in [0.717, 1.165) is 16.5 Å². The molecule has 0 N–H and O–H groups in total. The molecule has 0 spiro atoms. The minimum absolute atomic E-state index is 0.0171. The molecule has 0 bridgehead atoms. The molecule has 8 aromatic carbocycles. The third-order valence-corrected chi connectivity index (χ3v) is 7.93. The van der Waals surface area contributed by atoms with E-state index in [1.54, 1.807) is 36.4 Å². The number of anilines is 3. The van der Waals surface area contributed by atoms with E-state index < -0.39 is 83.3 Å². The van der Waals surface area contributed by atoms with Gasteiger partial charge >= 0.3 is 0 Å². The van der Waals surface area contributed by atoms with Gasteiger partial charge < -0.3 is 4.90 Å². The Balaban J connectivity index is 1.47. The van der Waals surface area contributed by atoms with E-state index in [4.69, 9.17) is 9.60 Å². The summed E-state index contributed by atoms with van der Waals surface area (Å²) in [5, 5.41) is 1.49. The summed E-state index contributed by atoms with van der Waals surface area (Å²) in [5.41, 5.74) is 2.04. The molecule has 0 saturated heterocycles. The second kappa shape index (κ2) is 12.7. The Labute approximate surface area is 294 Å². The molecule has 0 aromatic heterocycles. The minimum Gasteiger partial charge on any atom is -0.310 e. The number of nitrogens with zero attached hydrogens (tertiary/aromatic N) is 1. The van der Waals surface area contributed by atoms with Gasteiger partial charge in [-0.1, -0.05) is 170 Å². The number of benzene rings is 8. The van der Waals surface area contributed by atoms with Gasteiger partial charge in [0.05, 0.1) is 23.5 Å². The fourth-order valence-electron chi connectivity index (χ4n) is 5.68. The summed E-state index contributed by atoms with van der Waals surface area (Å²) in [5.74, 6) is 0. The summed E-state index contributed by atoms with van der Waals surface area (Å²) in [6.45, 7) is 0. The predicted molar refractivity (Wildman–Crippen MR) is 200 cm³/mol. The number of rotatable bonds is 7. The van der Waals surface area contributed by atoms with Crippen molar-refractivity contribution in [1.29, 1.82) is 0 Å². The van der Waals surface area contributed by atoms with Gasteiger partial charge in [-0.2, -0.15) is 0 Å². The van der Waals surface area contributed by atoms with Crippen molar-refractivity contribution in [3.63, 3.8) is 0 Å². The van der Waals surface area contributed by atoms with Crippen LogP contribution in [-0.2, 0) is 0 Å². The Bertz CT molecular complexity index is 2960. The third-order valence-electron chi connectivity index (χ3n) is 7.93. The standard InChI is InChI=1S/C46H33N/c1-3-13-34(14-4-1)36-25-27-39(28-26-36)45-22-9-10-24-46(45)47(41-31-29-37(30-32-41)35-15-5-2-6-16-35)42-20-11-19-40(33-42)44-23-12-18-38-17-7-8-21-43(38)44/h1-33H/i2D,5D,6D,11D,15D,16D,19D,20D,29D,30D,31D,32D,33D. The molecule has 0 radical (unpaired) electrons. The first-order valence-electron chi connectivity index (χ1n) is 21.6. The molecule has 222 valence electrons. The molecule has 0 fully saturated rings. The fourth-order valence-corrected chi connectivity index (χ4v) is 5.68. The summed E-state index contributed by atoms with van der Waals surface area (Å²) in [7, 11) is 0. The highest BCUT2D eigenvalue weighted by Crippen LogP contribution is 2.43. The number of para-hydroxylation sites is 1. The molecule has 0 amide bonds. The molecule has 0 aliphatic heterocycles. The molecule has 0 heterocycles. The summed E-state index contributed by atoms with van der Waals surface area (Å²) < 4.78 is 117. The summed E-state index contributed by atoms with van der Waals surface area (Å²) in [6.07, 6.45) is 0. The first-order valence-corrected chi connectivity index (χ1v) is 15.1. The predicted octanol–water partition coefficient (Wildman–Crippen LogP) is 13.0. The van der Waals surface area contributed by atoms with Crippen molar-refractivity contribution < 1.29 is 17.8 Å². The van der Waals surface area contributed by atoms with Crippen LogP contribution in [0.5, 0.6) is 0 Å². The van der Waals surface area contributed by atoms with E-state index in [2.05, 4.69) is 0 Å². The number of hydrogen-bond donors (Lipinski definition) is 0. The van der Waals surface area contributed by atoms with Crippen LogP contribution in [0.3, 0.4) is 0 Å². The number of fused-ring (bicyclic) bond motifs is 1. The minimum atomic E-state index is -0.727. The van der Waals surface area contributed by atoms with Crippen LogP contribution in [0.4, 0.5) is 17.1 Å². The zero-order valence-electron chi connectivity index (χ0n) is 38.0. The van der Waals surface area contributed by atoms with Crippen LogP contribution in [-0.4, -0.2) is 0 Å². The first-order chi connectivity index (χ1) is 28.7.